The van der Waals surface area contributed by atoms with Crippen molar-refractivity contribution >= 4 is 17.3 Å². The fraction of sp³-hybridized carbons (Fsp3) is 0.600. The molecular weight excluding hydrogens is 360 g/mol. The number of Topliss-reactive ketones (excluding diaryl/α,β-unsaturated/α-hetero) is 1. The third-order valence-corrected chi connectivity index (χ3v) is 6.37. The van der Waals surface area contributed by atoms with E-state index in [1.54, 1.807) is 0 Å². The van der Waals surface area contributed by atoms with Gasteiger partial charge in [0.2, 0.25) is 5.78 Å². The average molecular weight is 399 g/mol. The number of piperidine rings is 1. The van der Waals surface area contributed by atoms with E-state index < -0.39 is 17.6 Å². The number of carbonyl (C=O) groups excluding carboxylic acids is 2. The lowest BCUT2D eigenvalue weighted by atomic mass is 9.75. The summed E-state index contributed by atoms with van der Waals surface area (Å²) in [5.74, 6) is -1.13. The molecule has 0 radical (unpaired) electrons. The maximum absolute atomic E-state index is 12.2. The minimum atomic E-state index is -0.873. The molecule has 0 saturated carbocycles. The van der Waals surface area contributed by atoms with E-state index in [2.05, 4.69) is 51.3 Å². The van der Waals surface area contributed by atoms with Crippen molar-refractivity contribution in [1.29, 1.82) is 0 Å². The highest BCUT2D eigenvalue weighted by Gasteiger charge is 2.29. The SMILES string of the molecule is C=C(c1ccc(CN2CCC(C(C)(C)C)CC2)cc1)C(CCCC)C(=O)C(N)=O. The van der Waals surface area contributed by atoms with E-state index in [1.807, 2.05) is 12.1 Å². The summed E-state index contributed by atoms with van der Waals surface area (Å²) in [5.41, 5.74) is 8.52. The van der Waals surface area contributed by atoms with Gasteiger partial charge in [0.25, 0.3) is 5.91 Å². The van der Waals surface area contributed by atoms with Gasteiger partial charge in [-0.2, -0.15) is 0 Å². The van der Waals surface area contributed by atoms with E-state index in [0.29, 0.717) is 17.4 Å². The fourth-order valence-electron chi connectivity index (χ4n) is 4.28. The standard InChI is InChI=1S/C25H38N2O2/c1-6-7-8-22(23(28)24(26)29)18(2)20-11-9-19(10-12-20)17-27-15-13-21(14-16-27)25(3,4)5/h9-12,21-22H,2,6-8,13-17H2,1,3-5H3,(H2,26,29). The molecule has 1 aromatic rings. The van der Waals surface area contributed by atoms with Crippen molar-refractivity contribution in [3.05, 3.63) is 42.0 Å². The van der Waals surface area contributed by atoms with Crippen LogP contribution in [0.2, 0.25) is 0 Å². The first-order valence-electron chi connectivity index (χ1n) is 11.0. The zero-order chi connectivity index (χ0) is 21.6. The number of allylic oxidation sites excluding steroid dienone is 1. The number of amides is 1. The third kappa shape index (κ3) is 6.53. The van der Waals surface area contributed by atoms with Crippen LogP contribution in [0.25, 0.3) is 5.57 Å². The summed E-state index contributed by atoms with van der Waals surface area (Å²) in [7, 11) is 0. The number of rotatable bonds is 9. The number of hydrogen-bond acceptors (Lipinski definition) is 3. The van der Waals surface area contributed by atoms with Crippen molar-refractivity contribution in [2.24, 2.45) is 23.0 Å². The van der Waals surface area contributed by atoms with Crippen LogP contribution < -0.4 is 5.73 Å². The summed E-state index contributed by atoms with van der Waals surface area (Å²) >= 11 is 0. The van der Waals surface area contributed by atoms with Gasteiger partial charge < -0.3 is 5.73 Å². The van der Waals surface area contributed by atoms with Crippen LogP contribution in [-0.2, 0) is 16.1 Å². The molecule has 0 bridgehead atoms. The summed E-state index contributed by atoms with van der Waals surface area (Å²) in [6.07, 6.45) is 4.95. The molecule has 0 aliphatic carbocycles. The minimum absolute atomic E-state index is 0.394. The number of unbranched alkanes of at least 4 members (excludes halogenated alkanes) is 1. The molecule has 4 nitrogen and oxygen atoms in total. The number of nitrogens with two attached hydrogens (primary N) is 1. The quantitative estimate of drug-likeness (QED) is 0.607. The van der Waals surface area contributed by atoms with Gasteiger partial charge >= 0.3 is 0 Å². The van der Waals surface area contributed by atoms with Crippen LogP contribution in [0, 0.1) is 17.3 Å². The topological polar surface area (TPSA) is 63.4 Å². The second kappa shape index (κ2) is 10.2. The molecule has 1 unspecified atom stereocenters. The first-order valence-corrected chi connectivity index (χ1v) is 11.0. The monoisotopic (exact) mass is 398 g/mol. The van der Waals surface area contributed by atoms with E-state index >= 15 is 0 Å². The van der Waals surface area contributed by atoms with Crippen LogP contribution in [0.5, 0.6) is 0 Å². The molecule has 2 N–H and O–H groups in total. The summed E-state index contributed by atoms with van der Waals surface area (Å²) in [6.45, 7) is 16.4. The van der Waals surface area contributed by atoms with Crippen LogP contribution in [0.15, 0.2) is 30.8 Å². The van der Waals surface area contributed by atoms with Crippen molar-refractivity contribution in [2.75, 3.05) is 13.1 Å². The summed E-state index contributed by atoms with van der Waals surface area (Å²) in [6, 6.07) is 8.27. The predicted molar refractivity (Wildman–Crippen MR) is 120 cm³/mol. The van der Waals surface area contributed by atoms with Crippen LogP contribution >= 0.6 is 0 Å². The first-order chi connectivity index (χ1) is 13.6. The zero-order valence-corrected chi connectivity index (χ0v) is 18.7. The number of carbonyl (C=O) groups is 2. The van der Waals surface area contributed by atoms with Crippen LogP contribution in [0.1, 0.15) is 70.9 Å². The van der Waals surface area contributed by atoms with E-state index in [1.165, 1.54) is 18.4 Å². The van der Waals surface area contributed by atoms with E-state index in [4.69, 9.17) is 5.73 Å². The third-order valence-electron chi connectivity index (χ3n) is 6.37. The van der Waals surface area contributed by atoms with Gasteiger partial charge in [0.05, 0.1) is 5.92 Å². The van der Waals surface area contributed by atoms with Crippen molar-refractivity contribution in [1.82, 2.24) is 4.90 Å². The van der Waals surface area contributed by atoms with Crippen molar-refractivity contribution in [3.63, 3.8) is 0 Å². The van der Waals surface area contributed by atoms with E-state index in [0.717, 1.165) is 44.0 Å². The molecule has 1 aliphatic rings. The number of nitrogens with zero attached hydrogens (tertiary/aromatic N) is 1. The average Bonchev–Trinajstić information content (AvgIpc) is 2.68. The molecule has 0 aromatic heterocycles. The van der Waals surface area contributed by atoms with Gasteiger partial charge in [0, 0.05) is 6.54 Å². The zero-order valence-electron chi connectivity index (χ0n) is 18.7. The predicted octanol–water partition coefficient (Wildman–Crippen LogP) is 4.82. The highest BCUT2D eigenvalue weighted by atomic mass is 16.2. The second-order valence-electron chi connectivity index (χ2n) is 9.56. The van der Waals surface area contributed by atoms with Gasteiger partial charge in [0.15, 0.2) is 0 Å². The Bertz CT molecular complexity index is 707. The molecule has 1 aliphatic heterocycles. The second-order valence-corrected chi connectivity index (χ2v) is 9.56. The Kier molecular flexibility index (Phi) is 8.21. The van der Waals surface area contributed by atoms with Crippen molar-refractivity contribution in [2.45, 2.75) is 66.3 Å². The normalized spacial score (nSPS) is 17.1. The van der Waals surface area contributed by atoms with Crippen molar-refractivity contribution < 1.29 is 9.59 Å². The lowest BCUT2D eigenvalue weighted by Gasteiger charge is -2.38. The van der Waals surface area contributed by atoms with E-state index in [-0.39, 0.29) is 0 Å². The summed E-state index contributed by atoms with van der Waals surface area (Å²) in [4.78, 5) is 26.2. The van der Waals surface area contributed by atoms with Gasteiger partial charge in [0.1, 0.15) is 0 Å². The number of primary amides is 1. The molecule has 1 fully saturated rings. The van der Waals surface area contributed by atoms with Gasteiger partial charge in [-0.3, -0.25) is 14.5 Å². The number of likely N-dealkylation sites (tertiary alicyclic amines) is 1. The van der Waals surface area contributed by atoms with Crippen molar-refractivity contribution in [3.8, 4) is 0 Å². The largest absolute Gasteiger partial charge is 0.363 e. The van der Waals surface area contributed by atoms with Crippen LogP contribution in [0.4, 0.5) is 0 Å². The Morgan fingerprint density at radius 1 is 1.17 bits per heavy atom. The fourth-order valence-corrected chi connectivity index (χ4v) is 4.28. The molecule has 1 amide bonds. The maximum Gasteiger partial charge on any atom is 0.285 e. The number of ketones is 1. The van der Waals surface area contributed by atoms with Gasteiger partial charge in [-0.25, -0.2) is 0 Å². The van der Waals surface area contributed by atoms with Gasteiger partial charge in [-0.05, 0) is 60.4 Å². The Hall–Kier alpha value is -1.94. The molecule has 1 atom stereocenters. The Balaban J connectivity index is 1.99. The molecular formula is C25H38N2O2. The molecule has 4 heteroatoms. The highest BCUT2D eigenvalue weighted by molar-refractivity contribution is 6.38. The maximum atomic E-state index is 12.2. The van der Waals surface area contributed by atoms with Gasteiger partial charge in [-0.1, -0.05) is 71.4 Å². The molecule has 1 aromatic carbocycles. The first kappa shape index (κ1) is 23.3. The smallest absolute Gasteiger partial charge is 0.285 e. The van der Waals surface area contributed by atoms with Gasteiger partial charge in [-0.15, -0.1) is 0 Å². The Labute approximate surface area is 176 Å². The minimum Gasteiger partial charge on any atom is -0.363 e. The van der Waals surface area contributed by atoms with Crippen LogP contribution in [-0.4, -0.2) is 29.7 Å². The van der Waals surface area contributed by atoms with E-state index in [9.17, 15) is 9.59 Å². The lowest BCUT2D eigenvalue weighted by Crippen LogP contribution is -2.37. The lowest BCUT2D eigenvalue weighted by molar-refractivity contribution is -0.137. The molecule has 160 valence electrons. The summed E-state index contributed by atoms with van der Waals surface area (Å²) < 4.78 is 0. The van der Waals surface area contributed by atoms with Crippen LogP contribution in [0.3, 0.4) is 0 Å². The number of hydrogen-bond donors (Lipinski definition) is 1. The molecule has 29 heavy (non-hydrogen) atoms. The highest BCUT2D eigenvalue weighted by Crippen LogP contribution is 2.34. The Morgan fingerprint density at radius 3 is 2.24 bits per heavy atom. The Morgan fingerprint density at radius 2 is 1.76 bits per heavy atom. The summed E-state index contributed by atoms with van der Waals surface area (Å²) in [5, 5.41) is 0. The molecule has 1 heterocycles. The number of benzene rings is 1. The molecule has 2 rings (SSSR count). The molecule has 1 saturated heterocycles. The molecule has 0 spiro atoms.